The van der Waals surface area contributed by atoms with Crippen LogP contribution in [-0.2, 0) is 6.42 Å². The molecule has 0 aliphatic rings. The van der Waals surface area contributed by atoms with E-state index in [4.69, 9.17) is 16.3 Å². The molecule has 1 aromatic carbocycles. The van der Waals surface area contributed by atoms with E-state index in [0.717, 1.165) is 24.0 Å². The summed E-state index contributed by atoms with van der Waals surface area (Å²) in [4.78, 5) is 8.14. The molecule has 0 spiro atoms. The molecule has 1 heterocycles. The molecule has 1 aromatic heterocycles. The van der Waals surface area contributed by atoms with Gasteiger partial charge >= 0.3 is 0 Å². The van der Waals surface area contributed by atoms with Crippen LogP contribution in [0.1, 0.15) is 24.5 Å². The summed E-state index contributed by atoms with van der Waals surface area (Å²) in [6.45, 7) is 2.54. The van der Waals surface area contributed by atoms with Gasteiger partial charge in [0.15, 0.2) is 0 Å². The molecular formula is C16H17ClN2O. The maximum Gasteiger partial charge on any atom is 0.221 e. The van der Waals surface area contributed by atoms with Gasteiger partial charge in [0, 0.05) is 0 Å². The first kappa shape index (κ1) is 14.5. The van der Waals surface area contributed by atoms with Gasteiger partial charge in [-0.25, -0.2) is 9.97 Å². The third-order valence-electron chi connectivity index (χ3n) is 2.78. The summed E-state index contributed by atoms with van der Waals surface area (Å²) in [5, 5.41) is 0.476. The lowest BCUT2D eigenvalue weighted by atomic mass is 10.2. The predicted molar refractivity (Wildman–Crippen MR) is 82.0 cm³/mol. The fourth-order valence-corrected chi connectivity index (χ4v) is 2.05. The first-order valence-electron chi connectivity index (χ1n) is 6.65. The van der Waals surface area contributed by atoms with Crippen LogP contribution in [-0.4, -0.2) is 16.6 Å². The van der Waals surface area contributed by atoms with E-state index >= 15 is 0 Å². The number of rotatable bonds is 6. The van der Waals surface area contributed by atoms with Crippen LogP contribution in [0, 0.1) is 0 Å². The minimum absolute atomic E-state index is 0.457. The molecule has 3 nitrogen and oxygen atoms in total. The van der Waals surface area contributed by atoms with Crippen molar-refractivity contribution in [3.05, 3.63) is 59.0 Å². The van der Waals surface area contributed by atoms with Crippen molar-refractivity contribution in [2.24, 2.45) is 0 Å². The van der Waals surface area contributed by atoms with E-state index in [-0.39, 0.29) is 0 Å². The fraction of sp³-hybridized carbons (Fsp3) is 0.250. The molecule has 104 valence electrons. The van der Waals surface area contributed by atoms with Gasteiger partial charge in [-0.2, -0.15) is 0 Å². The molecule has 0 aliphatic carbocycles. The van der Waals surface area contributed by atoms with Gasteiger partial charge in [-0.05, 0) is 18.1 Å². The van der Waals surface area contributed by atoms with Crippen LogP contribution in [0.4, 0.5) is 0 Å². The van der Waals surface area contributed by atoms with E-state index < -0.39 is 0 Å². The SMILES string of the molecule is CCCc1c(Cl)ncnc1OCC=Cc1ccccc1. The van der Waals surface area contributed by atoms with Gasteiger partial charge in [0.05, 0.1) is 5.56 Å². The van der Waals surface area contributed by atoms with Crippen molar-refractivity contribution in [3.63, 3.8) is 0 Å². The third-order valence-corrected chi connectivity index (χ3v) is 3.11. The summed E-state index contributed by atoms with van der Waals surface area (Å²) in [5.74, 6) is 0.574. The molecule has 0 radical (unpaired) electrons. The average molecular weight is 289 g/mol. The summed E-state index contributed by atoms with van der Waals surface area (Å²) in [5.41, 5.74) is 2.02. The maximum atomic E-state index is 6.07. The van der Waals surface area contributed by atoms with Crippen molar-refractivity contribution in [2.75, 3.05) is 6.61 Å². The number of aromatic nitrogens is 2. The van der Waals surface area contributed by atoms with Crippen molar-refractivity contribution >= 4 is 17.7 Å². The number of hydrogen-bond acceptors (Lipinski definition) is 3. The molecular weight excluding hydrogens is 272 g/mol. The molecule has 0 fully saturated rings. The molecule has 4 heteroatoms. The van der Waals surface area contributed by atoms with Gasteiger partial charge < -0.3 is 4.74 Å². The summed E-state index contributed by atoms with van der Waals surface area (Å²) in [7, 11) is 0. The number of nitrogens with zero attached hydrogens (tertiary/aromatic N) is 2. The van der Waals surface area contributed by atoms with E-state index in [0.29, 0.717) is 17.6 Å². The van der Waals surface area contributed by atoms with Gasteiger partial charge in [0.25, 0.3) is 0 Å². The zero-order valence-electron chi connectivity index (χ0n) is 11.4. The molecule has 2 aromatic rings. The van der Waals surface area contributed by atoms with Crippen molar-refractivity contribution in [2.45, 2.75) is 19.8 Å². The second kappa shape index (κ2) is 7.65. The maximum absolute atomic E-state index is 6.07. The zero-order valence-corrected chi connectivity index (χ0v) is 12.2. The van der Waals surface area contributed by atoms with Gasteiger partial charge in [0.1, 0.15) is 18.1 Å². The first-order valence-corrected chi connectivity index (χ1v) is 7.02. The highest BCUT2D eigenvalue weighted by Gasteiger charge is 2.09. The highest BCUT2D eigenvalue weighted by atomic mass is 35.5. The van der Waals surface area contributed by atoms with Crippen LogP contribution in [0.5, 0.6) is 5.88 Å². The lowest BCUT2D eigenvalue weighted by Crippen LogP contribution is -2.02. The number of ether oxygens (including phenoxy) is 1. The molecule has 0 amide bonds. The molecule has 2 rings (SSSR count). The van der Waals surface area contributed by atoms with Crippen molar-refractivity contribution < 1.29 is 4.74 Å². The van der Waals surface area contributed by atoms with E-state index in [1.54, 1.807) is 0 Å². The van der Waals surface area contributed by atoms with Gasteiger partial charge in [-0.3, -0.25) is 0 Å². The molecule has 20 heavy (non-hydrogen) atoms. The average Bonchev–Trinajstić information content (AvgIpc) is 2.48. The minimum Gasteiger partial charge on any atom is -0.473 e. The second-order valence-corrected chi connectivity index (χ2v) is 4.68. The predicted octanol–water partition coefficient (Wildman–Crippen LogP) is 4.17. The standard InChI is InChI=1S/C16H17ClN2O/c1-2-7-14-15(17)18-12-19-16(14)20-11-6-10-13-8-4-3-5-9-13/h3-6,8-10,12H,2,7,11H2,1H3. The van der Waals surface area contributed by atoms with Crippen LogP contribution in [0.25, 0.3) is 6.08 Å². The molecule has 0 atom stereocenters. The van der Waals surface area contributed by atoms with Crippen LogP contribution in [0.2, 0.25) is 5.15 Å². The zero-order chi connectivity index (χ0) is 14.2. The summed E-state index contributed by atoms with van der Waals surface area (Å²) in [6, 6.07) is 10.1. The van der Waals surface area contributed by atoms with Crippen molar-refractivity contribution in [1.29, 1.82) is 0 Å². The summed E-state index contributed by atoms with van der Waals surface area (Å²) < 4.78 is 5.67. The summed E-state index contributed by atoms with van der Waals surface area (Å²) >= 11 is 6.07. The Morgan fingerprint density at radius 2 is 2.00 bits per heavy atom. The van der Waals surface area contributed by atoms with Crippen LogP contribution in [0.3, 0.4) is 0 Å². The smallest absolute Gasteiger partial charge is 0.221 e. The molecule has 0 saturated heterocycles. The Morgan fingerprint density at radius 1 is 1.20 bits per heavy atom. The van der Waals surface area contributed by atoms with Crippen molar-refractivity contribution in [3.8, 4) is 5.88 Å². The number of hydrogen-bond donors (Lipinski definition) is 0. The van der Waals surface area contributed by atoms with Crippen LogP contribution >= 0.6 is 11.6 Å². The Kier molecular flexibility index (Phi) is 5.56. The normalized spacial score (nSPS) is 10.9. The Balaban J connectivity index is 1.97. The highest BCUT2D eigenvalue weighted by Crippen LogP contribution is 2.23. The van der Waals surface area contributed by atoms with E-state index in [9.17, 15) is 0 Å². The van der Waals surface area contributed by atoms with Gasteiger partial charge in [0.2, 0.25) is 5.88 Å². The van der Waals surface area contributed by atoms with E-state index in [2.05, 4.69) is 16.9 Å². The fourth-order valence-electron chi connectivity index (χ4n) is 1.84. The Hall–Kier alpha value is -1.87. The number of benzene rings is 1. The molecule has 0 unspecified atom stereocenters. The molecule has 0 bridgehead atoms. The lowest BCUT2D eigenvalue weighted by Gasteiger charge is -2.08. The van der Waals surface area contributed by atoms with Crippen LogP contribution < -0.4 is 4.74 Å². The minimum atomic E-state index is 0.457. The Bertz CT molecular complexity index is 570. The van der Waals surface area contributed by atoms with E-state index in [1.165, 1.54) is 6.33 Å². The highest BCUT2D eigenvalue weighted by molar-refractivity contribution is 6.30. The third kappa shape index (κ3) is 4.07. The largest absolute Gasteiger partial charge is 0.473 e. The molecule has 0 N–H and O–H groups in total. The van der Waals surface area contributed by atoms with Crippen LogP contribution in [0.15, 0.2) is 42.7 Å². The molecule has 0 saturated carbocycles. The monoisotopic (exact) mass is 288 g/mol. The second-order valence-electron chi connectivity index (χ2n) is 4.32. The Morgan fingerprint density at radius 3 is 2.75 bits per heavy atom. The lowest BCUT2D eigenvalue weighted by molar-refractivity contribution is 0.343. The van der Waals surface area contributed by atoms with E-state index in [1.807, 2.05) is 42.5 Å². The first-order chi connectivity index (χ1) is 9.81. The topological polar surface area (TPSA) is 35.0 Å². The quantitative estimate of drug-likeness (QED) is 0.748. The molecule has 0 aliphatic heterocycles. The summed E-state index contributed by atoms with van der Waals surface area (Å²) in [6.07, 6.45) is 7.20. The van der Waals surface area contributed by atoms with Gasteiger partial charge in [-0.15, -0.1) is 0 Å². The number of halogens is 1. The van der Waals surface area contributed by atoms with Gasteiger partial charge in [-0.1, -0.05) is 61.4 Å². The van der Waals surface area contributed by atoms with Crippen molar-refractivity contribution in [1.82, 2.24) is 9.97 Å². The Labute approximate surface area is 124 Å².